The van der Waals surface area contributed by atoms with Gasteiger partial charge in [-0.1, -0.05) is 20.8 Å². The molecule has 0 radical (unpaired) electrons. The predicted molar refractivity (Wildman–Crippen MR) is 63.9 cm³/mol. The fraction of sp³-hybridized carbons (Fsp3) is 0.917. The molecule has 0 aliphatic heterocycles. The van der Waals surface area contributed by atoms with E-state index in [1.54, 1.807) is 0 Å². The zero-order chi connectivity index (χ0) is 12.4. The van der Waals surface area contributed by atoms with Gasteiger partial charge in [0.25, 0.3) is 0 Å². The average Bonchev–Trinajstić information content (AvgIpc) is 2.81. The van der Waals surface area contributed by atoms with Crippen LogP contribution in [0, 0.1) is 5.41 Å². The van der Waals surface area contributed by atoms with Crippen LogP contribution in [0.3, 0.4) is 0 Å². The molecule has 4 nitrogen and oxygen atoms in total. The highest BCUT2D eigenvalue weighted by molar-refractivity contribution is 5.77. The number of hydrogen-bond donors (Lipinski definition) is 3. The van der Waals surface area contributed by atoms with Crippen LogP contribution in [-0.2, 0) is 4.79 Å². The first-order chi connectivity index (χ1) is 7.26. The number of carbonyl (C=O) groups is 1. The third-order valence-electron chi connectivity index (χ3n) is 2.88. The monoisotopic (exact) mass is 228 g/mol. The van der Waals surface area contributed by atoms with Gasteiger partial charge in [0.2, 0.25) is 5.91 Å². The van der Waals surface area contributed by atoms with Crippen LogP contribution < -0.4 is 11.1 Å². The Morgan fingerprint density at radius 3 is 2.44 bits per heavy atom. The molecule has 16 heavy (non-hydrogen) atoms. The van der Waals surface area contributed by atoms with Crippen LogP contribution in [0.1, 0.15) is 46.5 Å². The van der Waals surface area contributed by atoms with Crippen molar-refractivity contribution in [1.82, 2.24) is 5.32 Å². The van der Waals surface area contributed by atoms with Crippen molar-refractivity contribution in [3.8, 4) is 0 Å². The van der Waals surface area contributed by atoms with Gasteiger partial charge >= 0.3 is 0 Å². The van der Waals surface area contributed by atoms with Crippen molar-refractivity contribution >= 4 is 5.91 Å². The molecule has 1 rings (SSSR count). The van der Waals surface area contributed by atoms with E-state index in [1.165, 1.54) is 0 Å². The Morgan fingerprint density at radius 2 is 2.06 bits per heavy atom. The van der Waals surface area contributed by atoms with Crippen molar-refractivity contribution in [3.63, 3.8) is 0 Å². The zero-order valence-electron chi connectivity index (χ0n) is 10.5. The molecule has 4 heteroatoms. The van der Waals surface area contributed by atoms with E-state index in [9.17, 15) is 4.79 Å². The highest BCUT2D eigenvalue weighted by atomic mass is 16.3. The molecule has 1 aliphatic carbocycles. The van der Waals surface area contributed by atoms with E-state index in [-0.39, 0.29) is 29.5 Å². The number of hydrogen-bond acceptors (Lipinski definition) is 3. The van der Waals surface area contributed by atoms with Crippen LogP contribution in [0.25, 0.3) is 0 Å². The van der Waals surface area contributed by atoms with Gasteiger partial charge in [0.15, 0.2) is 0 Å². The maximum Gasteiger partial charge on any atom is 0.222 e. The first-order valence-corrected chi connectivity index (χ1v) is 5.94. The van der Waals surface area contributed by atoms with Crippen molar-refractivity contribution < 1.29 is 9.90 Å². The summed E-state index contributed by atoms with van der Waals surface area (Å²) >= 11 is 0. The van der Waals surface area contributed by atoms with Crippen LogP contribution in [0.5, 0.6) is 0 Å². The second-order valence-corrected chi connectivity index (χ2v) is 6.22. The topological polar surface area (TPSA) is 75.4 Å². The van der Waals surface area contributed by atoms with Gasteiger partial charge in [-0.15, -0.1) is 0 Å². The Morgan fingerprint density at radius 1 is 1.50 bits per heavy atom. The highest BCUT2D eigenvalue weighted by Gasteiger charge is 2.43. The van der Waals surface area contributed by atoms with Crippen LogP contribution in [-0.4, -0.2) is 29.2 Å². The van der Waals surface area contributed by atoms with Crippen LogP contribution >= 0.6 is 0 Å². The van der Waals surface area contributed by atoms with E-state index in [2.05, 4.69) is 26.1 Å². The van der Waals surface area contributed by atoms with Gasteiger partial charge in [-0.25, -0.2) is 0 Å². The summed E-state index contributed by atoms with van der Waals surface area (Å²) < 4.78 is 0. The number of aliphatic hydroxyl groups excluding tert-OH is 1. The third kappa shape index (κ3) is 4.49. The lowest BCUT2D eigenvalue weighted by Gasteiger charge is -2.23. The lowest BCUT2D eigenvalue weighted by Crippen LogP contribution is -2.42. The molecule has 1 amide bonds. The first-order valence-electron chi connectivity index (χ1n) is 5.94. The Balaban J connectivity index is 2.29. The van der Waals surface area contributed by atoms with Crippen molar-refractivity contribution in [3.05, 3.63) is 0 Å². The average molecular weight is 228 g/mol. The molecule has 1 atom stereocenters. The second kappa shape index (κ2) is 4.72. The SMILES string of the molecule is CC(C)(C)CC(N)CC(=O)NC1(CO)CC1. The molecule has 0 heterocycles. The van der Waals surface area contributed by atoms with Crippen LogP contribution in [0.15, 0.2) is 0 Å². The lowest BCUT2D eigenvalue weighted by atomic mass is 9.87. The molecule has 1 saturated carbocycles. The molecule has 4 N–H and O–H groups in total. The number of rotatable bonds is 5. The van der Waals surface area contributed by atoms with Gasteiger partial charge in [-0.3, -0.25) is 4.79 Å². The summed E-state index contributed by atoms with van der Waals surface area (Å²) in [5.41, 5.74) is 5.74. The van der Waals surface area contributed by atoms with Crippen molar-refractivity contribution in [2.24, 2.45) is 11.1 Å². The minimum atomic E-state index is -0.321. The Kier molecular flexibility index (Phi) is 3.97. The quantitative estimate of drug-likeness (QED) is 0.651. The normalized spacial score (nSPS) is 20.3. The zero-order valence-corrected chi connectivity index (χ0v) is 10.5. The minimum absolute atomic E-state index is 0.0350. The summed E-state index contributed by atoms with van der Waals surface area (Å²) in [6, 6.07) is -0.102. The Bertz CT molecular complexity index is 254. The van der Waals surface area contributed by atoms with Crippen molar-refractivity contribution in [1.29, 1.82) is 0 Å². The van der Waals surface area contributed by atoms with E-state index in [1.807, 2.05) is 0 Å². The van der Waals surface area contributed by atoms with E-state index < -0.39 is 0 Å². The second-order valence-electron chi connectivity index (χ2n) is 6.22. The van der Waals surface area contributed by atoms with Gasteiger partial charge in [-0.2, -0.15) is 0 Å². The molecule has 94 valence electrons. The molecule has 1 fully saturated rings. The summed E-state index contributed by atoms with van der Waals surface area (Å²) in [5, 5.41) is 11.9. The van der Waals surface area contributed by atoms with Gasteiger partial charge in [-0.05, 0) is 24.7 Å². The molecule has 1 aliphatic rings. The van der Waals surface area contributed by atoms with Gasteiger partial charge < -0.3 is 16.2 Å². The van der Waals surface area contributed by atoms with Gasteiger partial charge in [0, 0.05) is 12.5 Å². The molecule has 1 unspecified atom stereocenters. The number of amides is 1. The number of nitrogens with one attached hydrogen (secondary N) is 1. The smallest absolute Gasteiger partial charge is 0.222 e. The summed E-state index contributed by atoms with van der Waals surface area (Å²) in [7, 11) is 0. The molecule has 0 bridgehead atoms. The molecule has 0 saturated heterocycles. The van der Waals surface area contributed by atoms with Gasteiger partial charge in [0.05, 0.1) is 12.1 Å². The Hall–Kier alpha value is -0.610. The van der Waals surface area contributed by atoms with E-state index in [0.717, 1.165) is 19.3 Å². The van der Waals surface area contributed by atoms with E-state index >= 15 is 0 Å². The van der Waals surface area contributed by atoms with Crippen LogP contribution in [0.4, 0.5) is 0 Å². The van der Waals surface area contributed by atoms with Crippen LogP contribution in [0.2, 0.25) is 0 Å². The molecular formula is C12H24N2O2. The number of nitrogens with two attached hydrogens (primary N) is 1. The third-order valence-corrected chi connectivity index (χ3v) is 2.88. The maximum absolute atomic E-state index is 11.7. The highest BCUT2D eigenvalue weighted by Crippen LogP contribution is 2.34. The summed E-state index contributed by atoms with van der Waals surface area (Å²) in [6.07, 6.45) is 2.93. The van der Waals surface area contributed by atoms with E-state index in [0.29, 0.717) is 6.42 Å². The minimum Gasteiger partial charge on any atom is -0.394 e. The fourth-order valence-electron chi connectivity index (χ4n) is 1.92. The summed E-state index contributed by atoms with van der Waals surface area (Å²) in [6.45, 7) is 6.37. The van der Waals surface area contributed by atoms with Gasteiger partial charge in [0.1, 0.15) is 0 Å². The lowest BCUT2D eigenvalue weighted by molar-refractivity contribution is -0.122. The largest absolute Gasteiger partial charge is 0.394 e. The molecule has 0 aromatic heterocycles. The predicted octanol–water partition coefficient (Wildman–Crippen LogP) is 0.781. The maximum atomic E-state index is 11.7. The number of carbonyl (C=O) groups excluding carboxylic acids is 1. The van der Waals surface area contributed by atoms with Crippen molar-refractivity contribution in [2.45, 2.75) is 58.0 Å². The summed E-state index contributed by atoms with van der Waals surface area (Å²) in [4.78, 5) is 11.7. The fourth-order valence-corrected chi connectivity index (χ4v) is 1.92. The standard InChI is InChI=1S/C12H24N2O2/c1-11(2,3)7-9(13)6-10(16)14-12(8-15)4-5-12/h9,15H,4-8,13H2,1-3H3,(H,14,16). The molecule has 0 aromatic rings. The number of aliphatic hydroxyl groups is 1. The Labute approximate surface area is 97.6 Å². The van der Waals surface area contributed by atoms with Crippen molar-refractivity contribution in [2.75, 3.05) is 6.61 Å². The molecule has 0 aromatic carbocycles. The molecule has 0 spiro atoms. The van der Waals surface area contributed by atoms with E-state index in [4.69, 9.17) is 10.8 Å². The summed E-state index contributed by atoms with van der Waals surface area (Å²) in [5.74, 6) is -0.0386. The molecular weight excluding hydrogens is 204 g/mol. The first kappa shape index (κ1) is 13.5.